The Kier molecular flexibility index (Phi) is 6.03. The largest absolute Gasteiger partial charge is 0.297 e. The number of hydrogen-bond donors (Lipinski definition) is 0. The fourth-order valence-corrected chi connectivity index (χ4v) is 9.26. The number of sulfone groups is 2. The van der Waals surface area contributed by atoms with Crippen molar-refractivity contribution >= 4 is 19.7 Å². The zero-order chi connectivity index (χ0) is 21.4. The summed E-state index contributed by atoms with van der Waals surface area (Å²) >= 11 is 0. The highest BCUT2D eigenvalue weighted by atomic mass is 32.2. The molecule has 0 aliphatic carbocycles. The van der Waals surface area contributed by atoms with Gasteiger partial charge >= 0.3 is 0 Å². The average Bonchev–Trinajstić information content (AvgIpc) is 3.06. The number of nitrogens with zero attached hydrogens (tertiary/aromatic N) is 2. The molecule has 2 aliphatic rings. The van der Waals surface area contributed by atoms with Gasteiger partial charge in [-0.25, -0.2) is 16.8 Å². The Bertz CT molecular complexity index is 1080. The molecule has 30 heavy (non-hydrogen) atoms. The van der Waals surface area contributed by atoms with E-state index in [2.05, 4.69) is 21.9 Å². The summed E-state index contributed by atoms with van der Waals surface area (Å²) in [5, 5.41) is -0.911. The molecule has 4 rings (SSSR count). The molecule has 2 heterocycles. The van der Waals surface area contributed by atoms with Crippen LogP contribution in [0.3, 0.4) is 0 Å². The third-order valence-corrected chi connectivity index (χ3v) is 10.3. The van der Waals surface area contributed by atoms with Crippen molar-refractivity contribution in [1.29, 1.82) is 0 Å². The highest BCUT2D eigenvalue weighted by Crippen LogP contribution is 2.30. The Morgan fingerprint density at radius 3 is 2.17 bits per heavy atom. The molecule has 162 valence electrons. The summed E-state index contributed by atoms with van der Waals surface area (Å²) in [6.45, 7) is 5.68. The molecule has 0 amide bonds. The summed E-state index contributed by atoms with van der Waals surface area (Å²) in [5.74, 6) is -0.375. The topological polar surface area (TPSA) is 74.8 Å². The molecule has 2 aromatic rings. The van der Waals surface area contributed by atoms with Crippen LogP contribution in [0.2, 0.25) is 0 Å². The smallest absolute Gasteiger partial charge is 0.183 e. The van der Waals surface area contributed by atoms with Gasteiger partial charge in [0.1, 0.15) is 0 Å². The van der Waals surface area contributed by atoms with E-state index in [1.54, 1.807) is 24.3 Å². The van der Waals surface area contributed by atoms with Gasteiger partial charge in [0.05, 0.1) is 21.7 Å². The molecule has 0 spiro atoms. The van der Waals surface area contributed by atoms with E-state index in [4.69, 9.17) is 0 Å². The Labute approximate surface area is 179 Å². The molecule has 0 bridgehead atoms. The van der Waals surface area contributed by atoms with Gasteiger partial charge < -0.3 is 0 Å². The van der Waals surface area contributed by atoms with Crippen molar-refractivity contribution in [2.45, 2.75) is 29.7 Å². The van der Waals surface area contributed by atoms with Crippen LogP contribution < -0.4 is 0 Å². The quantitative estimate of drug-likeness (QED) is 0.694. The number of aryl methyl sites for hydroxylation is 1. The maximum Gasteiger partial charge on any atom is 0.183 e. The zero-order valence-electron chi connectivity index (χ0n) is 17.1. The van der Waals surface area contributed by atoms with E-state index < -0.39 is 31.0 Å². The van der Waals surface area contributed by atoms with Gasteiger partial charge in [-0.3, -0.25) is 9.80 Å². The maximum atomic E-state index is 13.3. The molecule has 0 saturated carbocycles. The monoisotopic (exact) mass is 448 g/mol. The molecule has 2 aromatic carbocycles. The first kappa shape index (κ1) is 21.5. The van der Waals surface area contributed by atoms with E-state index in [0.29, 0.717) is 13.1 Å². The van der Waals surface area contributed by atoms with Crippen LogP contribution in [0.15, 0.2) is 59.5 Å². The molecule has 6 nitrogen and oxygen atoms in total. The Morgan fingerprint density at radius 2 is 1.53 bits per heavy atom. The van der Waals surface area contributed by atoms with Crippen LogP contribution in [-0.2, 0) is 26.2 Å². The van der Waals surface area contributed by atoms with Gasteiger partial charge in [0.15, 0.2) is 19.7 Å². The fraction of sp³-hybridized carbons (Fsp3) is 0.455. The summed E-state index contributed by atoms with van der Waals surface area (Å²) in [5.41, 5.74) is 2.22. The van der Waals surface area contributed by atoms with Crippen LogP contribution in [0.25, 0.3) is 0 Å². The van der Waals surface area contributed by atoms with Crippen molar-refractivity contribution in [2.24, 2.45) is 0 Å². The second-order valence-corrected chi connectivity index (χ2v) is 12.7. The van der Waals surface area contributed by atoms with Gasteiger partial charge in [-0.1, -0.05) is 48.0 Å². The summed E-state index contributed by atoms with van der Waals surface area (Å²) in [7, 11) is -7.11. The third-order valence-electron chi connectivity index (χ3n) is 6.15. The number of piperazine rings is 1. The lowest BCUT2D eigenvalue weighted by Crippen LogP contribution is -2.54. The highest BCUT2D eigenvalue weighted by Gasteiger charge is 2.48. The van der Waals surface area contributed by atoms with E-state index in [9.17, 15) is 16.8 Å². The van der Waals surface area contributed by atoms with Crippen molar-refractivity contribution < 1.29 is 16.8 Å². The third kappa shape index (κ3) is 4.61. The van der Waals surface area contributed by atoms with Crippen LogP contribution in [-0.4, -0.2) is 75.6 Å². The number of rotatable bonds is 5. The summed E-state index contributed by atoms with van der Waals surface area (Å²) < 4.78 is 51.4. The second-order valence-electron chi connectivity index (χ2n) is 8.34. The number of benzene rings is 2. The molecule has 8 heteroatoms. The SMILES string of the molecule is Cc1ccc(S(=O)(=O)[C@H]2CS(=O)(=O)C[C@@H]2N2CCN(Cc3ccccc3)CC2)cc1. The van der Waals surface area contributed by atoms with E-state index >= 15 is 0 Å². The summed E-state index contributed by atoms with van der Waals surface area (Å²) in [4.78, 5) is 4.62. The van der Waals surface area contributed by atoms with Gasteiger partial charge in [-0.15, -0.1) is 0 Å². The molecular weight excluding hydrogens is 420 g/mol. The van der Waals surface area contributed by atoms with Crippen molar-refractivity contribution in [3.05, 3.63) is 65.7 Å². The molecule has 0 N–H and O–H groups in total. The molecule has 0 radical (unpaired) electrons. The maximum absolute atomic E-state index is 13.3. The predicted molar refractivity (Wildman–Crippen MR) is 118 cm³/mol. The van der Waals surface area contributed by atoms with Crippen LogP contribution in [0, 0.1) is 6.92 Å². The van der Waals surface area contributed by atoms with Gasteiger partial charge in [0.2, 0.25) is 0 Å². The van der Waals surface area contributed by atoms with E-state index in [0.717, 1.165) is 25.2 Å². The van der Waals surface area contributed by atoms with Gasteiger partial charge in [0, 0.05) is 38.8 Å². The minimum absolute atomic E-state index is 0.0819. The first-order valence-corrected chi connectivity index (χ1v) is 13.6. The van der Waals surface area contributed by atoms with E-state index in [1.807, 2.05) is 25.1 Å². The minimum Gasteiger partial charge on any atom is -0.297 e. The lowest BCUT2D eigenvalue weighted by Gasteiger charge is -2.39. The van der Waals surface area contributed by atoms with Crippen LogP contribution in [0.4, 0.5) is 0 Å². The Morgan fingerprint density at radius 1 is 0.900 bits per heavy atom. The normalized spacial score (nSPS) is 25.4. The van der Waals surface area contributed by atoms with Crippen molar-refractivity contribution in [3.8, 4) is 0 Å². The summed E-state index contributed by atoms with van der Waals surface area (Å²) in [6, 6.07) is 16.4. The molecule has 2 aliphatic heterocycles. The molecule has 2 atom stereocenters. The average molecular weight is 449 g/mol. The van der Waals surface area contributed by atoms with E-state index in [1.165, 1.54) is 5.56 Å². The van der Waals surface area contributed by atoms with Crippen LogP contribution in [0.1, 0.15) is 11.1 Å². The van der Waals surface area contributed by atoms with Crippen molar-refractivity contribution in [2.75, 3.05) is 37.7 Å². The molecule has 2 fully saturated rings. The van der Waals surface area contributed by atoms with Gasteiger partial charge in [0.25, 0.3) is 0 Å². The first-order valence-electron chi connectivity index (χ1n) is 10.3. The summed E-state index contributed by atoms with van der Waals surface area (Å²) in [6.07, 6.45) is 0. The Balaban J connectivity index is 1.49. The standard InChI is InChI=1S/C22H28N2O4S2/c1-18-7-9-20(10-8-18)30(27,28)22-17-29(25,26)16-21(22)24-13-11-23(12-14-24)15-19-5-3-2-4-6-19/h2-10,21-22H,11-17H2,1H3/t21-,22-/m0/s1. The molecule has 2 saturated heterocycles. The van der Waals surface area contributed by atoms with Crippen molar-refractivity contribution in [1.82, 2.24) is 9.80 Å². The molecule has 0 aromatic heterocycles. The van der Waals surface area contributed by atoms with Crippen LogP contribution in [0.5, 0.6) is 0 Å². The zero-order valence-corrected chi connectivity index (χ0v) is 18.8. The highest BCUT2D eigenvalue weighted by molar-refractivity contribution is 7.96. The first-order chi connectivity index (χ1) is 14.2. The lowest BCUT2D eigenvalue weighted by molar-refractivity contribution is 0.101. The fourth-order valence-electron chi connectivity index (χ4n) is 4.43. The van der Waals surface area contributed by atoms with Gasteiger partial charge in [-0.2, -0.15) is 0 Å². The minimum atomic E-state index is -3.72. The van der Waals surface area contributed by atoms with Crippen molar-refractivity contribution in [3.63, 3.8) is 0 Å². The lowest BCUT2D eigenvalue weighted by atomic mass is 10.1. The van der Waals surface area contributed by atoms with Gasteiger partial charge in [-0.05, 0) is 24.6 Å². The second kappa shape index (κ2) is 8.42. The number of hydrogen-bond acceptors (Lipinski definition) is 6. The molecular formula is C22H28N2O4S2. The Hall–Kier alpha value is -1.74. The molecule has 0 unspecified atom stereocenters. The predicted octanol–water partition coefficient (Wildman–Crippen LogP) is 1.75. The van der Waals surface area contributed by atoms with E-state index in [-0.39, 0.29) is 16.4 Å². The van der Waals surface area contributed by atoms with Crippen LogP contribution >= 0.6 is 0 Å².